The first kappa shape index (κ1) is 24.7. The van der Waals surface area contributed by atoms with Crippen LogP contribution in [-0.2, 0) is 19.1 Å². The van der Waals surface area contributed by atoms with Crippen molar-refractivity contribution in [2.24, 2.45) is 5.41 Å². The van der Waals surface area contributed by atoms with Crippen molar-refractivity contribution in [1.82, 2.24) is 10.6 Å². The summed E-state index contributed by atoms with van der Waals surface area (Å²) in [6.45, 7) is 4.57. The number of alkyl carbamates (subject to hydrolysis) is 1. The molecule has 0 bridgehead atoms. The van der Waals surface area contributed by atoms with Crippen molar-refractivity contribution in [1.29, 1.82) is 0 Å². The van der Waals surface area contributed by atoms with E-state index in [1.54, 1.807) is 0 Å². The molecular formula is C27H32N2O6. The van der Waals surface area contributed by atoms with Crippen LogP contribution >= 0.6 is 0 Å². The Balaban J connectivity index is 1.21. The van der Waals surface area contributed by atoms with Crippen LogP contribution in [0.15, 0.2) is 48.5 Å². The first-order valence-electron chi connectivity index (χ1n) is 12.0. The number of rotatable bonds is 9. The highest BCUT2D eigenvalue weighted by atomic mass is 16.5. The Morgan fingerprint density at radius 3 is 2.23 bits per heavy atom. The van der Waals surface area contributed by atoms with Crippen LogP contribution in [0.2, 0.25) is 0 Å². The summed E-state index contributed by atoms with van der Waals surface area (Å²) < 4.78 is 11.0. The number of fused-ring (bicyclic) bond motifs is 3. The van der Waals surface area contributed by atoms with Crippen molar-refractivity contribution in [3.05, 3.63) is 59.7 Å². The third kappa shape index (κ3) is 6.00. The van der Waals surface area contributed by atoms with E-state index < -0.39 is 23.6 Å². The van der Waals surface area contributed by atoms with Crippen LogP contribution < -0.4 is 10.6 Å². The van der Waals surface area contributed by atoms with E-state index in [1.165, 1.54) is 11.1 Å². The zero-order valence-corrected chi connectivity index (χ0v) is 20.1. The molecule has 1 aliphatic carbocycles. The molecule has 4 rings (SSSR count). The molecule has 2 aliphatic rings. The van der Waals surface area contributed by atoms with Gasteiger partial charge in [-0.25, -0.2) is 9.59 Å². The predicted molar refractivity (Wildman–Crippen MR) is 130 cm³/mol. The normalized spacial score (nSPS) is 19.0. The van der Waals surface area contributed by atoms with Gasteiger partial charge in [-0.2, -0.15) is 0 Å². The van der Waals surface area contributed by atoms with Crippen LogP contribution in [0, 0.1) is 5.41 Å². The quantitative estimate of drug-likeness (QED) is 0.504. The Kier molecular flexibility index (Phi) is 7.40. The van der Waals surface area contributed by atoms with Gasteiger partial charge in [0.05, 0.1) is 6.10 Å². The molecule has 3 N–H and O–H groups in total. The van der Waals surface area contributed by atoms with Gasteiger partial charge in [-0.3, -0.25) is 4.79 Å². The molecule has 35 heavy (non-hydrogen) atoms. The Hall–Kier alpha value is -3.39. The van der Waals surface area contributed by atoms with Crippen LogP contribution in [-0.4, -0.2) is 55.0 Å². The molecule has 1 saturated heterocycles. The highest BCUT2D eigenvalue weighted by Crippen LogP contribution is 2.44. The van der Waals surface area contributed by atoms with E-state index in [4.69, 9.17) is 14.6 Å². The van der Waals surface area contributed by atoms with Gasteiger partial charge in [0.1, 0.15) is 6.61 Å². The van der Waals surface area contributed by atoms with Crippen molar-refractivity contribution in [3.8, 4) is 11.1 Å². The van der Waals surface area contributed by atoms with Gasteiger partial charge >= 0.3 is 12.1 Å². The largest absolute Gasteiger partial charge is 0.479 e. The van der Waals surface area contributed by atoms with Crippen LogP contribution in [0.25, 0.3) is 11.1 Å². The Morgan fingerprint density at radius 1 is 1.00 bits per heavy atom. The Bertz CT molecular complexity index is 1050. The van der Waals surface area contributed by atoms with E-state index in [2.05, 4.69) is 34.9 Å². The van der Waals surface area contributed by atoms with E-state index >= 15 is 0 Å². The molecular weight excluding hydrogens is 448 g/mol. The van der Waals surface area contributed by atoms with E-state index in [0.717, 1.165) is 11.1 Å². The summed E-state index contributed by atoms with van der Waals surface area (Å²) in [5.41, 5.74) is 4.16. The average Bonchev–Trinajstić information content (AvgIpc) is 3.43. The summed E-state index contributed by atoms with van der Waals surface area (Å²) in [5.74, 6) is -1.16. The highest BCUT2D eigenvalue weighted by molar-refractivity contribution is 5.79. The molecule has 2 unspecified atom stereocenters. The number of aliphatic carboxylic acids is 1. The van der Waals surface area contributed by atoms with Crippen LogP contribution in [0.3, 0.4) is 0 Å². The number of hydrogen-bond acceptors (Lipinski definition) is 5. The van der Waals surface area contributed by atoms with Gasteiger partial charge in [-0.05, 0) is 40.5 Å². The predicted octanol–water partition coefficient (Wildman–Crippen LogP) is 3.69. The second kappa shape index (κ2) is 10.5. The third-order valence-electron chi connectivity index (χ3n) is 6.60. The molecule has 2 atom stereocenters. The van der Waals surface area contributed by atoms with E-state index in [9.17, 15) is 14.4 Å². The average molecular weight is 481 g/mol. The summed E-state index contributed by atoms with van der Waals surface area (Å²) in [5, 5.41) is 14.6. The minimum atomic E-state index is -0.973. The van der Waals surface area contributed by atoms with Crippen molar-refractivity contribution in [2.45, 2.75) is 51.2 Å². The highest BCUT2D eigenvalue weighted by Gasteiger charge is 2.32. The SMILES string of the molecule is CC(C)(CNC(=O)OCC1c2ccccc2-c2ccccc21)CC(=O)NCC1CCC(C(=O)O)O1. The number of carbonyl (C=O) groups is 3. The van der Waals surface area contributed by atoms with Gasteiger partial charge in [0.25, 0.3) is 0 Å². The zero-order valence-electron chi connectivity index (χ0n) is 20.1. The molecule has 2 amide bonds. The van der Waals surface area contributed by atoms with Crippen molar-refractivity contribution in [2.75, 3.05) is 19.7 Å². The number of carboxylic acid groups (broad SMARTS) is 1. The molecule has 8 heteroatoms. The Morgan fingerprint density at radius 2 is 1.63 bits per heavy atom. The molecule has 0 aromatic heterocycles. The number of hydrogen-bond donors (Lipinski definition) is 3. The molecule has 0 saturated carbocycles. The number of amides is 2. The monoisotopic (exact) mass is 480 g/mol. The first-order valence-corrected chi connectivity index (χ1v) is 12.0. The molecule has 1 fully saturated rings. The lowest BCUT2D eigenvalue weighted by Gasteiger charge is -2.25. The topological polar surface area (TPSA) is 114 Å². The molecule has 8 nitrogen and oxygen atoms in total. The van der Waals surface area contributed by atoms with Crippen LogP contribution in [0.5, 0.6) is 0 Å². The van der Waals surface area contributed by atoms with Gasteiger partial charge in [0, 0.05) is 25.4 Å². The molecule has 0 spiro atoms. The number of ether oxygens (including phenoxy) is 2. The number of nitrogens with one attached hydrogen (secondary N) is 2. The zero-order chi connectivity index (χ0) is 25.0. The van der Waals surface area contributed by atoms with E-state index in [1.807, 2.05) is 38.1 Å². The lowest BCUT2D eigenvalue weighted by atomic mass is 9.89. The van der Waals surface area contributed by atoms with Crippen molar-refractivity contribution >= 4 is 18.0 Å². The summed E-state index contributed by atoms with van der Waals surface area (Å²) in [6, 6.07) is 16.3. The fourth-order valence-electron chi connectivity index (χ4n) is 4.79. The summed E-state index contributed by atoms with van der Waals surface area (Å²) in [7, 11) is 0. The first-order chi connectivity index (χ1) is 16.7. The fraction of sp³-hybridized carbons (Fsp3) is 0.444. The maximum atomic E-state index is 12.4. The second-order valence-electron chi connectivity index (χ2n) is 9.99. The van der Waals surface area contributed by atoms with E-state index in [0.29, 0.717) is 12.8 Å². The fourth-order valence-corrected chi connectivity index (χ4v) is 4.79. The van der Waals surface area contributed by atoms with Crippen molar-refractivity contribution < 1.29 is 29.0 Å². The molecule has 0 radical (unpaired) electrons. The number of carboxylic acids is 1. The van der Waals surface area contributed by atoms with Gasteiger partial charge in [0.2, 0.25) is 5.91 Å². The minimum absolute atomic E-state index is 0.00883. The summed E-state index contributed by atoms with van der Waals surface area (Å²) in [6.07, 6.45) is -0.350. The number of carbonyl (C=O) groups excluding carboxylic acids is 2. The molecule has 1 heterocycles. The van der Waals surface area contributed by atoms with E-state index in [-0.39, 0.29) is 44.0 Å². The Labute approximate surface area is 205 Å². The lowest BCUT2D eigenvalue weighted by Crippen LogP contribution is -2.40. The third-order valence-corrected chi connectivity index (χ3v) is 6.60. The molecule has 186 valence electrons. The van der Waals surface area contributed by atoms with Crippen molar-refractivity contribution in [3.63, 3.8) is 0 Å². The lowest BCUT2D eigenvalue weighted by molar-refractivity contribution is -0.149. The maximum Gasteiger partial charge on any atom is 0.407 e. The molecule has 2 aromatic rings. The standard InChI is InChI=1S/C27H32N2O6/c1-27(2,13-24(30)28-14-17-11-12-23(35-17)25(31)32)16-29-26(33)34-15-22-20-9-5-3-7-18(20)19-8-4-6-10-21(19)22/h3-10,17,22-23H,11-16H2,1-2H3,(H,28,30)(H,29,33)(H,31,32). The van der Waals surface area contributed by atoms with Gasteiger partial charge in [-0.15, -0.1) is 0 Å². The van der Waals surface area contributed by atoms with Crippen LogP contribution in [0.1, 0.15) is 50.2 Å². The summed E-state index contributed by atoms with van der Waals surface area (Å²) >= 11 is 0. The van der Waals surface area contributed by atoms with Gasteiger partial charge in [-0.1, -0.05) is 62.4 Å². The van der Waals surface area contributed by atoms with Gasteiger partial charge < -0.3 is 25.2 Å². The maximum absolute atomic E-state index is 12.4. The number of benzene rings is 2. The molecule has 1 aliphatic heterocycles. The minimum Gasteiger partial charge on any atom is -0.479 e. The molecule has 2 aromatic carbocycles. The smallest absolute Gasteiger partial charge is 0.407 e. The second-order valence-corrected chi connectivity index (χ2v) is 9.99. The summed E-state index contributed by atoms with van der Waals surface area (Å²) in [4.78, 5) is 35.8. The van der Waals surface area contributed by atoms with Gasteiger partial charge in [0.15, 0.2) is 6.10 Å². The van der Waals surface area contributed by atoms with Crippen LogP contribution in [0.4, 0.5) is 4.79 Å².